The monoisotopic (exact) mass is 216 g/mol. The Balaban J connectivity index is 2.15. The summed E-state index contributed by atoms with van der Waals surface area (Å²) >= 11 is 0. The first-order chi connectivity index (χ1) is 7.70. The van der Waals surface area contributed by atoms with Crippen molar-refractivity contribution in [2.45, 2.75) is 19.4 Å². The Hall–Kier alpha value is -1.77. The summed E-state index contributed by atoms with van der Waals surface area (Å²) in [4.78, 5) is 11.8. The van der Waals surface area contributed by atoms with Crippen LogP contribution in [0, 0.1) is 0 Å². The number of anilines is 1. The van der Waals surface area contributed by atoms with Crippen LogP contribution < -0.4 is 10.6 Å². The lowest BCUT2D eigenvalue weighted by Gasteiger charge is -2.10. The van der Waals surface area contributed by atoms with E-state index < -0.39 is 0 Å². The average molecular weight is 216 g/mol. The first kappa shape index (κ1) is 10.7. The lowest BCUT2D eigenvalue weighted by Crippen LogP contribution is -2.30. The van der Waals surface area contributed by atoms with E-state index in [4.69, 9.17) is 0 Å². The maximum atomic E-state index is 11.8. The highest BCUT2D eigenvalue weighted by molar-refractivity contribution is 5.95. The molecular weight excluding hydrogens is 200 g/mol. The van der Waals surface area contributed by atoms with E-state index in [1.165, 1.54) is 5.56 Å². The van der Waals surface area contributed by atoms with Gasteiger partial charge >= 0.3 is 0 Å². The number of carbonyl (C=O) groups excluding carboxylic acids is 1. The lowest BCUT2D eigenvalue weighted by molar-refractivity contribution is 0.0947. The Morgan fingerprint density at radius 2 is 2.44 bits per heavy atom. The molecule has 1 aromatic carbocycles. The van der Waals surface area contributed by atoms with Gasteiger partial charge in [0, 0.05) is 23.8 Å². The molecule has 16 heavy (non-hydrogen) atoms. The van der Waals surface area contributed by atoms with Crippen LogP contribution in [-0.2, 0) is 6.42 Å². The molecule has 1 unspecified atom stereocenters. The van der Waals surface area contributed by atoms with Crippen LogP contribution >= 0.6 is 0 Å². The Labute approximate surface area is 95.6 Å². The summed E-state index contributed by atoms with van der Waals surface area (Å²) in [6.45, 7) is 6.50. The predicted molar refractivity (Wildman–Crippen MR) is 65.8 cm³/mol. The normalized spacial score (nSPS) is 14.8. The SMILES string of the molecule is C=CC(C)NC(=O)c1ccc2c(c1)CCN2. The van der Waals surface area contributed by atoms with Crippen LogP contribution in [-0.4, -0.2) is 18.5 Å². The van der Waals surface area contributed by atoms with Crippen molar-refractivity contribution in [2.75, 3.05) is 11.9 Å². The minimum Gasteiger partial charge on any atom is -0.384 e. The Morgan fingerprint density at radius 3 is 3.19 bits per heavy atom. The number of carbonyl (C=O) groups is 1. The Morgan fingerprint density at radius 1 is 1.62 bits per heavy atom. The molecule has 0 saturated carbocycles. The summed E-state index contributed by atoms with van der Waals surface area (Å²) < 4.78 is 0. The highest BCUT2D eigenvalue weighted by Crippen LogP contribution is 2.22. The molecule has 3 heteroatoms. The van der Waals surface area contributed by atoms with E-state index in [0.717, 1.165) is 24.2 Å². The molecule has 2 N–H and O–H groups in total. The second kappa shape index (κ2) is 4.39. The lowest BCUT2D eigenvalue weighted by atomic mass is 10.1. The third-order valence-electron chi connectivity index (χ3n) is 2.79. The van der Waals surface area contributed by atoms with Gasteiger partial charge in [0.2, 0.25) is 0 Å². The van der Waals surface area contributed by atoms with E-state index in [1.54, 1.807) is 6.08 Å². The molecular formula is C13H16N2O. The largest absolute Gasteiger partial charge is 0.384 e. The van der Waals surface area contributed by atoms with Crippen LogP contribution in [0.5, 0.6) is 0 Å². The van der Waals surface area contributed by atoms with Crippen molar-refractivity contribution in [1.29, 1.82) is 0 Å². The smallest absolute Gasteiger partial charge is 0.251 e. The van der Waals surface area contributed by atoms with Crippen molar-refractivity contribution in [3.05, 3.63) is 42.0 Å². The third kappa shape index (κ3) is 2.08. The van der Waals surface area contributed by atoms with Gasteiger partial charge in [0.25, 0.3) is 5.91 Å². The van der Waals surface area contributed by atoms with Crippen LogP contribution in [0.2, 0.25) is 0 Å². The fourth-order valence-electron chi connectivity index (χ4n) is 1.80. The third-order valence-corrected chi connectivity index (χ3v) is 2.79. The van der Waals surface area contributed by atoms with Gasteiger partial charge in [0.1, 0.15) is 0 Å². The number of nitrogens with one attached hydrogen (secondary N) is 2. The molecule has 1 atom stereocenters. The molecule has 0 aliphatic carbocycles. The van der Waals surface area contributed by atoms with Crippen molar-refractivity contribution >= 4 is 11.6 Å². The molecule has 3 nitrogen and oxygen atoms in total. The number of rotatable bonds is 3. The average Bonchev–Trinajstić information content (AvgIpc) is 2.75. The van der Waals surface area contributed by atoms with Crippen LogP contribution in [0.3, 0.4) is 0 Å². The number of amides is 1. The summed E-state index contributed by atoms with van der Waals surface area (Å²) in [5.74, 6) is -0.0397. The summed E-state index contributed by atoms with van der Waals surface area (Å²) in [7, 11) is 0. The van der Waals surface area contributed by atoms with Gasteiger partial charge in [0.05, 0.1) is 0 Å². The molecule has 0 saturated heterocycles. The maximum absolute atomic E-state index is 11.8. The molecule has 0 bridgehead atoms. The Bertz CT molecular complexity index is 426. The fourth-order valence-corrected chi connectivity index (χ4v) is 1.80. The zero-order valence-electron chi connectivity index (χ0n) is 9.42. The second-order valence-corrected chi connectivity index (χ2v) is 4.05. The summed E-state index contributed by atoms with van der Waals surface area (Å²) in [5, 5.41) is 6.13. The quantitative estimate of drug-likeness (QED) is 0.758. The van der Waals surface area contributed by atoms with E-state index in [-0.39, 0.29) is 11.9 Å². The summed E-state index contributed by atoms with van der Waals surface area (Å²) in [5.41, 5.74) is 3.09. The fraction of sp³-hybridized carbons (Fsp3) is 0.308. The minimum absolute atomic E-state index is 0.00104. The molecule has 0 radical (unpaired) electrons. The summed E-state index contributed by atoms with van der Waals surface area (Å²) in [6, 6.07) is 5.78. The number of hydrogen-bond donors (Lipinski definition) is 2. The first-order valence-corrected chi connectivity index (χ1v) is 5.51. The van der Waals surface area contributed by atoms with Gasteiger partial charge in [-0.3, -0.25) is 4.79 Å². The predicted octanol–water partition coefficient (Wildman–Crippen LogP) is 1.96. The van der Waals surface area contributed by atoms with Gasteiger partial charge < -0.3 is 10.6 Å². The number of hydrogen-bond acceptors (Lipinski definition) is 2. The van der Waals surface area contributed by atoms with Crippen molar-refractivity contribution < 1.29 is 4.79 Å². The standard InChI is InChI=1S/C13H16N2O/c1-3-9(2)15-13(16)11-4-5-12-10(8-11)6-7-14-12/h3-5,8-9,14H,1,6-7H2,2H3,(H,15,16). The van der Waals surface area contributed by atoms with Gasteiger partial charge in [-0.05, 0) is 37.1 Å². The van der Waals surface area contributed by atoms with Crippen LogP contribution in [0.4, 0.5) is 5.69 Å². The van der Waals surface area contributed by atoms with Gasteiger partial charge in [-0.25, -0.2) is 0 Å². The second-order valence-electron chi connectivity index (χ2n) is 4.05. The maximum Gasteiger partial charge on any atom is 0.251 e. The van der Waals surface area contributed by atoms with Gasteiger partial charge in [-0.2, -0.15) is 0 Å². The van der Waals surface area contributed by atoms with Crippen LogP contribution in [0.1, 0.15) is 22.8 Å². The molecule has 1 heterocycles. The molecule has 84 valence electrons. The molecule has 1 aliphatic rings. The molecule has 0 spiro atoms. The zero-order valence-corrected chi connectivity index (χ0v) is 9.42. The van der Waals surface area contributed by atoms with Gasteiger partial charge in [-0.15, -0.1) is 6.58 Å². The van der Waals surface area contributed by atoms with E-state index in [0.29, 0.717) is 0 Å². The highest BCUT2D eigenvalue weighted by atomic mass is 16.1. The van der Waals surface area contributed by atoms with Crippen molar-refractivity contribution in [1.82, 2.24) is 5.32 Å². The van der Waals surface area contributed by atoms with E-state index in [1.807, 2.05) is 25.1 Å². The molecule has 1 aliphatic heterocycles. The molecule has 0 aromatic heterocycles. The van der Waals surface area contributed by atoms with Crippen LogP contribution in [0.15, 0.2) is 30.9 Å². The van der Waals surface area contributed by atoms with E-state index >= 15 is 0 Å². The van der Waals surface area contributed by atoms with Gasteiger partial charge in [0.15, 0.2) is 0 Å². The van der Waals surface area contributed by atoms with E-state index in [9.17, 15) is 4.79 Å². The topological polar surface area (TPSA) is 41.1 Å². The van der Waals surface area contributed by atoms with E-state index in [2.05, 4.69) is 17.2 Å². The molecule has 1 amide bonds. The van der Waals surface area contributed by atoms with Crippen molar-refractivity contribution in [3.63, 3.8) is 0 Å². The number of benzene rings is 1. The van der Waals surface area contributed by atoms with Crippen LogP contribution in [0.25, 0.3) is 0 Å². The zero-order chi connectivity index (χ0) is 11.5. The minimum atomic E-state index is -0.0397. The summed E-state index contributed by atoms with van der Waals surface area (Å²) in [6.07, 6.45) is 2.71. The molecule has 2 rings (SSSR count). The molecule has 1 aromatic rings. The van der Waals surface area contributed by atoms with Crippen molar-refractivity contribution in [2.24, 2.45) is 0 Å². The molecule has 0 fully saturated rings. The first-order valence-electron chi connectivity index (χ1n) is 5.51. The highest BCUT2D eigenvalue weighted by Gasteiger charge is 2.13. The number of fused-ring (bicyclic) bond motifs is 1. The van der Waals surface area contributed by atoms with Crippen molar-refractivity contribution in [3.8, 4) is 0 Å². The van der Waals surface area contributed by atoms with Gasteiger partial charge in [-0.1, -0.05) is 6.08 Å². The Kier molecular flexibility index (Phi) is 2.95.